The second-order valence-electron chi connectivity index (χ2n) is 1.55. The minimum Gasteiger partial charge on any atom is -0.380 e. The molecule has 0 unspecified atom stereocenters. The summed E-state index contributed by atoms with van der Waals surface area (Å²) in [5.74, 6) is 0.697. The number of hydrogen-bond acceptors (Lipinski definition) is 6. The van der Waals surface area contributed by atoms with Crippen LogP contribution in [0.25, 0.3) is 0 Å². The van der Waals surface area contributed by atoms with Crippen LogP contribution in [0.1, 0.15) is 0 Å². The van der Waals surface area contributed by atoms with E-state index in [1.807, 2.05) is 0 Å². The molecule has 0 bridgehead atoms. The number of fused-ring (bicyclic) bond motifs is 1. The Morgan fingerprint density at radius 1 is 1.11 bits per heavy atom. The van der Waals surface area contributed by atoms with Crippen LogP contribution in [-0.2, 0) is 0 Å². The Balaban J connectivity index is 2.62. The summed E-state index contributed by atoms with van der Waals surface area (Å²) >= 11 is 0. The number of rotatable bonds is 0. The molecule has 6 heteroatoms. The van der Waals surface area contributed by atoms with Crippen LogP contribution in [0.15, 0.2) is 37.2 Å². The Hall–Kier alpha value is -1.59. The van der Waals surface area contributed by atoms with Crippen LogP contribution in [0, 0.1) is 0 Å². The molecule has 0 saturated carbocycles. The van der Waals surface area contributed by atoms with Crippen molar-refractivity contribution in [2.24, 2.45) is 31.4 Å². The minimum absolute atomic E-state index is 0.287. The molecule has 0 amide bonds. The highest BCUT2D eigenvalue weighted by Crippen LogP contribution is 2.19. The van der Waals surface area contributed by atoms with Gasteiger partial charge in [-0.3, -0.25) is 0 Å². The molecule has 2 N–H and O–H groups in total. The highest BCUT2D eigenvalue weighted by molar-refractivity contribution is 6.01. The first-order valence-electron chi connectivity index (χ1n) is 2.28. The maximum absolute atomic E-state index is 5.30. The maximum atomic E-state index is 5.30. The molecule has 0 radical (unpaired) electrons. The van der Waals surface area contributed by atoms with E-state index in [9.17, 15) is 0 Å². The monoisotopic (exact) mass is 122 g/mol. The molecule has 0 saturated heterocycles. The zero-order valence-electron chi connectivity index (χ0n) is 4.31. The SMILES string of the molecule is NC1=C2N=NN=C2N=N1. The van der Waals surface area contributed by atoms with Crippen LogP contribution in [0.5, 0.6) is 0 Å². The zero-order chi connectivity index (χ0) is 6.27. The van der Waals surface area contributed by atoms with Crippen molar-refractivity contribution in [3.63, 3.8) is 0 Å². The number of hydrogen-bond donors (Lipinski definition) is 1. The normalized spacial score (nSPS) is 21.1. The van der Waals surface area contributed by atoms with Crippen molar-refractivity contribution in [1.82, 2.24) is 0 Å². The predicted molar refractivity (Wildman–Crippen MR) is 28.4 cm³/mol. The Bertz CT molecular complexity index is 268. The van der Waals surface area contributed by atoms with Gasteiger partial charge in [0.15, 0.2) is 11.5 Å². The van der Waals surface area contributed by atoms with E-state index < -0.39 is 0 Å². The average molecular weight is 122 g/mol. The lowest BCUT2D eigenvalue weighted by atomic mass is 10.4. The van der Waals surface area contributed by atoms with E-state index >= 15 is 0 Å². The summed E-state index contributed by atoms with van der Waals surface area (Å²) < 4.78 is 0. The third-order valence-electron chi connectivity index (χ3n) is 0.991. The largest absolute Gasteiger partial charge is 0.380 e. The average Bonchev–Trinajstić information content (AvgIpc) is 2.35. The molecule has 2 heterocycles. The van der Waals surface area contributed by atoms with Crippen LogP contribution >= 0.6 is 0 Å². The zero-order valence-corrected chi connectivity index (χ0v) is 4.31. The lowest BCUT2D eigenvalue weighted by molar-refractivity contribution is 1.05. The molecule has 0 aromatic heterocycles. The Morgan fingerprint density at radius 2 is 2.00 bits per heavy atom. The van der Waals surface area contributed by atoms with Crippen molar-refractivity contribution >= 4 is 5.84 Å². The highest BCUT2D eigenvalue weighted by atomic mass is 15.5. The lowest BCUT2D eigenvalue weighted by Crippen LogP contribution is -1.95. The Labute approximate surface area is 49.9 Å². The molecule has 6 nitrogen and oxygen atoms in total. The van der Waals surface area contributed by atoms with E-state index in [4.69, 9.17) is 5.73 Å². The fourth-order valence-corrected chi connectivity index (χ4v) is 0.583. The summed E-state index contributed by atoms with van der Waals surface area (Å²) in [4.78, 5) is 0. The fraction of sp³-hybridized carbons (Fsp3) is 0. The third-order valence-corrected chi connectivity index (χ3v) is 0.991. The van der Waals surface area contributed by atoms with Crippen LogP contribution < -0.4 is 5.73 Å². The van der Waals surface area contributed by atoms with E-state index in [0.717, 1.165) is 0 Å². The summed E-state index contributed by atoms with van der Waals surface area (Å²) in [7, 11) is 0. The molecular weight excluding hydrogens is 120 g/mol. The van der Waals surface area contributed by atoms with Gasteiger partial charge in [0.1, 0.15) is 0 Å². The summed E-state index contributed by atoms with van der Waals surface area (Å²) in [6, 6.07) is 0. The van der Waals surface area contributed by atoms with Crippen molar-refractivity contribution in [2.45, 2.75) is 0 Å². The molecule has 2 rings (SSSR count). The quantitative estimate of drug-likeness (QED) is 0.493. The van der Waals surface area contributed by atoms with Gasteiger partial charge in [-0.1, -0.05) is 0 Å². The van der Waals surface area contributed by atoms with E-state index in [1.54, 1.807) is 0 Å². The number of nitrogens with zero attached hydrogens (tertiary/aromatic N) is 5. The smallest absolute Gasteiger partial charge is 0.229 e. The van der Waals surface area contributed by atoms with Gasteiger partial charge in [0.05, 0.1) is 0 Å². The van der Waals surface area contributed by atoms with E-state index in [-0.39, 0.29) is 5.82 Å². The van der Waals surface area contributed by atoms with Crippen molar-refractivity contribution < 1.29 is 0 Å². The molecule has 0 fully saturated rings. The van der Waals surface area contributed by atoms with E-state index in [2.05, 4.69) is 25.7 Å². The molecule has 0 spiro atoms. The fourth-order valence-electron chi connectivity index (χ4n) is 0.583. The summed E-state index contributed by atoms with van der Waals surface area (Å²) in [5.41, 5.74) is 5.79. The highest BCUT2D eigenvalue weighted by Gasteiger charge is 2.20. The molecule has 0 aromatic carbocycles. The van der Waals surface area contributed by atoms with Gasteiger partial charge < -0.3 is 5.73 Å². The van der Waals surface area contributed by atoms with Gasteiger partial charge in [-0.05, 0) is 5.22 Å². The molecule has 0 aliphatic carbocycles. The molecule has 2 aliphatic heterocycles. The van der Waals surface area contributed by atoms with Crippen LogP contribution in [-0.4, -0.2) is 5.84 Å². The standard InChI is InChI=1S/C3H2N6/c4-2-1-3(7-6-2)8-9-5-1/h(H2,4,6). The van der Waals surface area contributed by atoms with Crippen molar-refractivity contribution in [2.75, 3.05) is 0 Å². The van der Waals surface area contributed by atoms with Crippen molar-refractivity contribution in [3.8, 4) is 0 Å². The number of azo groups is 1. The second kappa shape index (κ2) is 1.22. The predicted octanol–water partition coefficient (Wildman–Crippen LogP) is 0.359. The lowest BCUT2D eigenvalue weighted by Gasteiger charge is -1.80. The molecule has 0 atom stereocenters. The minimum atomic E-state index is 0.287. The van der Waals surface area contributed by atoms with Crippen LogP contribution in [0.4, 0.5) is 0 Å². The molecule has 44 valence electrons. The van der Waals surface area contributed by atoms with Crippen molar-refractivity contribution in [1.29, 1.82) is 0 Å². The van der Waals surface area contributed by atoms with Gasteiger partial charge in [-0.15, -0.1) is 20.4 Å². The van der Waals surface area contributed by atoms with E-state index in [0.29, 0.717) is 11.5 Å². The van der Waals surface area contributed by atoms with Gasteiger partial charge in [0.25, 0.3) is 0 Å². The van der Waals surface area contributed by atoms with Crippen molar-refractivity contribution in [3.05, 3.63) is 11.5 Å². The summed E-state index contributed by atoms with van der Waals surface area (Å²) in [5, 5.41) is 17.5. The molecule has 9 heavy (non-hydrogen) atoms. The Kier molecular flexibility index (Phi) is 0.583. The first-order chi connectivity index (χ1) is 4.38. The maximum Gasteiger partial charge on any atom is 0.229 e. The van der Waals surface area contributed by atoms with Gasteiger partial charge in [0.2, 0.25) is 5.84 Å². The van der Waals surface area contributed by atoms with E-state index in [1.165, 1.54) is 0 Å². The second-order valence-corrected chi connectivity index (χ2v) is 1.55. The van der Waals surface area contributed by atoms with Gasteiger partial charge in [-0.2, -0.15) is 0 Å². The van der Waals surface area contributed by atoms with Gasteiger partial charge >= 0.3 is 0 Å². The first kappa shape index (κ1) is 4.30. The van der Waals surface area contributed by atoms with Crippen LogP contribution in [0.3, 0.4) is 0 Å². The molecular formula is C3H2N6. The topological polar surface area (TPSA) is 87.8 Å². The third kappa shape index (κ3) is 0.411. The Morgan fingerprint density at radius 3 is 2.78 bits per heavy atom. The van der Waals surface area contributed by atoms with Crippen LogP contribution in [0.2, 0.25) is 0 Å². The van der Waals surface area contributed by atoms with Gasteiger partial charge in [-0.25, -0.2) is 0 Å². The first-order valence-corrected chi connectivity index (χ1v) is 2.28. The molecule has 2 aliphatic rings. The summed E-state index contributed by atoms with van der Waals surface area (Å²) in [6.07, 6.45) is 0. The number of amidine groups is 1. The number of nitrogens with two attached hydrogens (primary N) is 1. The van der Waals surface area contributed by atoms with Gasteiger partial charge in [0, 0.05) is 0 Å². The summed E-state index contributed by atoms with van der Waals surface area (Å²) in [6.45, 7) is 0. The molecule has 0 aromatic rings.